The molecule has 1 aromatic heterocycles. The van der Waals surface area contributed by atoms with Crippen molar-refractivity contribution in [2.45, 2.75) is 18.3 Å². The van der Waals surface area contributed by atoms with Crippen molar-refractivity contribution in [2.24, 2.45) is 0 Å². The second-order valence-electron chi connectivity index (χ2n) is 2.90. The van der Waals surface area contributed by atoms with Gasteiger partial charge in [0.25, 0.3) is 0 Å². The van der Waals surface area contributed by atoms with E-state index in [4.69, 9.17) is 10.2 Å². The lowest BCUT2D eigenvalue weighted by molar-refractivity contribution is -0.146. The van der Waals surface area contributed by atoms with E-state index in [1.807, 2.05) is 0 Å². The normalized spacial score (nSPS) is 12.3. The summed E-state index contributed by atoms with van der Waals surface area (Å²) in [4.78, 5) is 18.1. The Morgan fingerprint density at radius 3 is 3.00 bits per heavy atom. The fourth-order valence-electron chi connectivity index (χ4n) is 0.899. The van der Waals surface area contributed by atoms with Crippen LogP contribution < -0.4 is 0 Å². The molecule has 82 valence electrons. The largest absolute Gasteiger partial charge is 0.479 e. The Morgan fingerprint density at radius 1 is 1.60 bits per heavy atom. The molecule has 0 aliphatic carbocycles. The molecule has 1 unspecified atom stereocenters. The maximum Gasteiger partial charge on any atom is 0.332 e. The Kier molecular flexibility index (Phi) is 5.06. The number of hydrogen-bond donors (Lipinski definition) is 2. The highest BCUT2D eigenvalue weighted by Gasteiger charge is 2.11. The molecule has 1 aromatic rings. The fourth-order valence-corrected chi connectivity index (χ4v) is 1.81. The van der Waals surface area contributed by atoms with Crippen molar-refractivity contribution in [1.29, 1.82) is 0 Å². The minimum absolute atomic E-state index is 0.255. The summed E-state index contributed by atoms with van der Waals surface area (Å²) < 4.78 is 0. The summed E-state index contributed by atoms with van der Waals surface area (Å²) in [5, 5.41) is 17.4. The minimum atomic E-state index is -1.26. The van der Waals surface area contributed by atoms with E-state index < -0.39 is 12.1 Å². The van der Waals surface area contributed by atoms with Gasteiger partial charge < -0.3 is 10.2 Å². The van der Waals surface area contributed by atoms with E-state index in [-0.39, 0.29) is 6.42 Å². The molecular weight excluding hydrogens is 216 g/mol. The van der Waals surface area contributed by atoms with E-state index in [0.29, 0.717) is 11.5 Å². The molecule has 0 aliphatic heterocycles. The van der Waals surface area contributed by atoms with Crippen LogP contribution in [0.4, 0.5) is 0 Å². The lowest BCUT2D eigenvalue weighted by atomic mass is 10.3. The third kappa shape index (κ3) is 4.75. The summed E-state index contributed by atoms with van der Waals surface area (Å²) in [6.07, 6.45) is 2.13. The lowest BCUT2D eigenvalue weighted by Crippen LogP contribution is -2.19. The molecule has 0 saturated heterocycles. The van der Waals surface area contributed by atoms with Crippen molar-refractivity contribution in [2.75, 3.05) is 5.75 Å². The van der Waals surface area contributed by atoms with Gasteiger partial charge in [-0.2, -0.15) is 11.8 Å². The highest BCUT2D eigenvalue weighted by molar-refractivity contribution is 7.98. The van der Waals surface area contributed by atoms with Crippen molar-refractivity contribution in [3.8, 4) is 0 Å². The highest BCUT2D eigenvalue weighted by Crippen LogP contribution is 2.11. The van der Waals surface area contributed by atoms with E-state index in [2.05, 4.69) is 9.97 Å². The van der Waals surface area contributed by atoms with Crippen LogP contribution in [-0.2, 0) is 10.5 Å². The van der Waals surface area contributed by atoms with Gasteiger partial charge in [-0.3, -0.25) is 0 Å². The van der Waals surface area contributed by atoms with Crippen LogP contribution in [0.1, 0.15) is 12.1 Å². The number of aliphatic carboxylic acids is 1. The zero-order valence-corrected chi connectivity index (χ0v) is 8.85. The topological polar surface area (TPSA) is 83.3 Å². The molecule has 1 atom stereocenters. The highest BCUT2D eigenvalue weighted by atomic mass is 32.2. The maximum atomic E-state index is 10.3. The Balaban J connectivity index is 2.15. The van der Waals surface area contributed by atoms with Gasteiger partial charge in [-0.1, -0.05) is 0 Å². The van der Waals surface area contributed by atoms with Gasteiger partial charge in [-0.05, 0) is 18.2 Å². The van der Waals surface area contributed by atoms with Crippen molar-refractivity contribution >= 4 is 17.7 Å². The standard InChI is InChI=1S/C9H12N2O3S/c12-8(9(13)14)2-4-15-5-7-1-3-10-6-11-7/h1,3,6,8,12H,2,4-5H2,(H,13,14). The maximum absolute atomic E-state index is 10.3. The predicted molar refractivity (Wildman–Crippen MR) is 56.5 cm³/mol. The number of rotatable bonds is 6. The van der Waals surface area contributed by atoms with Crippen LogP contribution in [0.25, 0.3) is 0 Å². The smallest absolute Gasteiger partial charge is 0.332 e. The van der Waals surface area contributed by atoms with Gasteiger partial charge in [-0.25, -0.2) is 14.8 Å². The van der Waals surface area contributed by atoms with Gasteiger partial charge in [0.15, 0.2) is 6.10 Å². The first-order valence-electron chi connectivity index (χ1n) is 4.43. The SMILES string of the molecule is O=C(O)C(O)CCSCc1ccncn1. The Labute approximate surface area is 91.6 Å². The molecule has 5 nitrogen and oxygen atoms in total. The zero-order valence-electron chi connectivity index (χ0n) is 8.04. The van der Waals surface area contributed by atoms with Crippen LogP contribution in [0, 0.1) is 0 Å². The number of aliphatic hydroxyl groups is 1. The summed E-state index contributed by atoms with van der Waals surface area (Å²) in [6.45, 7) is 0. The lowest BCUT2D eigenvalue weighted by Gasteiger charge is -2.04. The number of carbonyl (C=O) groups is 1. The van der Waals surface area contributed by atoms with E-state index >= 15 is 0 Å². The van der Waals surface area contributed by atoms with Crippen LogP contribution in [0.2, 0.25) is 0 Å². The number of aliphatic hydroxyl groups excluding tert-OH is 1. The number of nitrogens with zero attached hydrogens (tertiary/aromatic N) is 2. The van der Waals surface area contributed by atoms with Crippen molar-refractivity contribution in [3.05, 3.63) is 24.3 Å². The van der Waals surface area contributed by atoms with Crippen molar-refractivity contribution < 1.29 is 15.0 Å². The molecule has 1 rings (SSSR count). The van der Waals surface area contributed by atoms with Crippen molar-refractivity contribution in [1.82, 2.24) is 9.97 Å². The molecule has 6 heteroatoms. The molecule has 0 fully saturated rings. The van der Waals surface area contributed by atoms with Crippen molar-refractivity contribution in [3.63, 3.8) is 0 Å². The quantitative estimate of drug-likeness (QED) is 0.692. The van der Waals surface area contributed by atoms with Crippen LogP contribution >= 0.6 is 11.8 Å². The average molecular weight is 228 g/mol. The first-order chi connectivity index (χ1) is 7.20. The van der Waals surface area contributed by atoms with E-state index in [0.717, 1.165) is 5.69 Å². The van der Waals surface area contributed by atoms with Crippen LogP contribution in [0.5, 0.6) is 0 Å². The molecule has 0 spiro atoms. The Morgan fingerprint density at radius 2 is 2.40 bits per heavy atom. The first kappa shape index (κ1) is 11.9. The summed E-state index contributed by atoms with van der Waals surface area (Å²) in [7, 11) is 0. The molecule has 15 heavy (non-hydrogen) atoms. The van der Waals surface area contributed by atoms with Crippen LogP contribution in [-0.4, -0.2) is 38.0 Å². The number of carboxylic acid groups (broad SMARTS) is 1. The second-order valence-corrected chi connectivity index (χ2v) is 4.00. The monoisotopic (exact) mass is 228 g/mol. The third-order valence-corrected chi connectivity index (χ3v) is 2.74. The summed E-state index contributed by atoms with van der Waals surface area (Å²) in [5.41, 5.74) is 0.903. The van der Waals surface area contributed by atoms with Gasteiger partial charge in [0.1, 0.15) is 6.33 Å². The predicted octanol–water partition coefficient (Wildman–Crippen LogP) is 0.545. The van der Waals surface area contributed by atoms with Gasteiger partial charge in [0.05, 0.1) is 5.69 Å². The summed E-state index contributed by atoms with van der Waals surface area (Å²) in [6, 6.07) is 1.81. The van der Waals surface area contributed by atoms with E-state index in [1.54, 1.807) is 12.3 Å². The molecule has 0 radical (unpaired) electrons. The van der Waals surface area contributed by atoms with Crippen LogP contribution in [0.3, 0.4) is 0 Å². The second kappa shape index (κ2) is 6.36. The zero-order chi connectivity index (χ0) is 11.1. The molecule has 1 heterocycles. The molecule has 0 saturated carbocycles. The molecule has 2 N–H and O–H groups in total. The Bertz CT molecular complexity index is 307. The molecule has 0 amide bonds. The number of thioether (sulfide) groups is 1. The molecule has 0 bridgehead atoms. The number of carboxylic acids is 1. The number of hydrogen-bond acceptors (Lipinski definition) is 5. The van der Waals surface area contributed by atoms with Gasteiger partial charge in [0, 0.05) is 11.9 Å². The van der Waals surface area contributed by atoms with Gasteiger partial charge >= 0.3 is 5.97 Å². The summed E-state index contributed by atoms with van der Waals surface area (Å²) >= 11 is 1.54. The minimum Gasteiger partial charge on any atom is -0.479 e. The third-order valence-electron chi connectivity index (χ3n) is 1.71. The fraction of sp³-hybridized carbons (Fsp3) is 0.444. The molecule has 0 aromatic carbocycles. The molecular formula is C9H12N2O3S. The average Bonchev–Trinajstić information content (AvgIpc) is 2.25. The summed E-state index contributed by atoms with van der Waals surface area (Å²) in [5.74, 6) is 0.129. The van der Waals surface area contributed by atoms with E-state index in [9.17, 15) is 4.79 Å². The first-order valence-corrected chi connectivity index (χ1v) is 5.59. The van der Waals surface area contributed by atoms with E-state index in [1.165, 1.54) is 18.1 Å². The van der Waals surface area contributed by atoms with Gasteiger partial charge in [-0.15, -0.1) is 0 Å². The molecule has 0 aliphatic rings. The Hall–Kier alpha value is -1.14. The van der Waals surface area contributed by atoms with Crippen LogP contribution in [0.15, 0.2) is 18.6 Å². The number of aromatic nitrogens is 2. The van der Waals surface area contributed by atoms with Gasteiger partial charge in [0.2, 0.25) is 0 Å².